The quantitative estimate of drug-likeness (QED) is 0.183. The Hall–Kier alpha value is -3.12. The summed E-state index contributed by atoms with van der Waals surface area (Å²) in [6, 6.07) is 5.04. The second-order valence-electron chi connectivity index (χ2n) is 9.82. The summed E-state index contributed by atoms with van der Waals surface area (Å²) in [6.07, 6.45) is 4.15. The van der Waals surface area contributed by atoms with Crippen molar-refractivity contribution in [1.82, 2.24) is 20.9 Å². The van der Waals surface area contributed by atoms with E-state index in [0.717, 1.165) is 5.56 Å². The summed E-state index contributed by atoms with van der Waals surface area (Å²) < 4.78 is 0. The zero-order valence-electron chi connectivity index (χ0n) is 22.9. The number of likely N-dealkylation sites (tertiary alicyclic amines) is 1. The van der Waals surface area contributed by atoms with Crippen LogP contribution in [0.3, 0.4) is 0 Å². The van der Waals surface area contributed by atoms with Crippen LogP contribution in [0.5, 0.6) is 0 Å². The van der Waals surface area contributed by atoms with Crippen molar-refractivity contribution in [2.75, 3.05) is 18.6 Å². The van der Waals surface area contributed by atoms with Gasteiger partial charge in [0.1, 0.15) is 24.2 Å². The lowest BCUT2D eigenvalue weighted by atomic mass is 10.0. The average Bonchev–Trinajstić information content (AvgIpc) is 3.16. The first-order valence-electron chi connectivity index (χ1n) is 13.2. The molecule has 0 spiro atoms. The molecule has 5 atom stereocenters. The van der Waals surface area contributed by atoms with Crippen molar-refractivity contribution >= 4 is 41.4 Å². The van der Waals surface area contributed by atoms with Crippen molar-refractivity contribution in [2.45, 2.75) is 82.6 Å². The van der Waals surface area contributed by atoms with E-state index in [1.54, 1.807) is 18.7 Å². The molecule has 0 bridgehead atoms. The molecule has 6 N–H and O–H groups in total. The number of thioether (sulfide) groups is 1. The van der Waals surface area contributed by atoms with Gasteiger partial charge in [-0.1, -0.05) is 30.3 Å². The number of carbonyl (C=O) groups excluding carboxylic acids is 4. The van der Waals surface area contributed by atoms with Gasteiger partial charge >= 0.3 is 5.97 Å². The maximum absolute atomic E-state index is 13.6. The standard InChI is InChI=1S/C27H41N5O6S/c1-17-15-22(31-24(34)20(12-14-39-3)29-18(2)33)26(36)32(17)23(16-19-9-5-4-6-10-19)25(35)30-21(27(37)38)11-7-8-13-28/h4-6,9-10,17,20-23H,7-8,11-16,28H2,1-3H3,(H,29,33)(H,30,35)(H,31,34)(H,37,38). The van der Waals surface area contributed by atoms with Gasteiger partial charge in [0.2, 0.25) is 23.6 Å². The number of nitrogens with zero attached hydrogens (tertiary/aromatic N) is 1. The number of aliphatic carboxylic acids is 1. The second-order valence-corrected chi connectivity index (χ2v) is 10.8. The molecule has 2 rings (SSSR count). The molecule has 0 saturated carbocycles. The third-order valence-electron chi connectivity index (χ3n) is 6.70. The fourth-order valence-electron chi connectivity index (χ4n) is 4.73. The summed E-state index contributed by atoms with van der Waals surface area (Å²) in [6.45, 7) is 3.55. The number of hydrogen-bond acceptors (Lipinski definition) is 7. The Morgan fingerprint density at radius 2 is 1.77 bits per heavy atom. The van der Waals surface area contributed by atoms with Crippen LogP contribution < -0.4 is 21.7 Å². The van der Waals surface area contributed by atoms with E-state index in [9.17, 15) is 29.1 Å². The SMILES string of the molecule is CSCCC(NC(C)=O)C(=O)NC1CC(C)N(C(Cc2ccccc2)C(=O)NC(CCCCN)C(=O)O)C1=O. The molecule has 0 aliphatic carbocycles. The Morgan fingerprint density at radius 1 is 1.08 bits per heavy atom. The lowest BCUT2D eigenvalue weighted by molar-refractivity contribution is -0.145. The van der Waals surface area contributed by atoms with Gasteiger partial charge in [-0.2, -0.15) is 11.8 Å². The molecule has 1 aromatic carbocycles. The number of amides is 4. The molecule has 0 aromatic heterocycles. The molecule has 39 heavy (non-hydrogen) atoms. The van der Waals surface area contributed by atoms with E-state index in [1.165, 1.54) is 11.8 Å². The van der Waals surface area contributed by atoms with Gasteiger partial charge < -0.3 is 31.7 Å². The summed E-state index contributed by atoms with van der Waals surface area (Å²) in [5.74, 6) is -2.30. The summed E-state index contributed by atoms with van der Waals surface area (Å²) in [5.41, 5.74) is 6.33. The fourth-order valence-corrected chi connectivity index (χ4v) is 5.20. The van der Waals surface area contributed by atoms with Crippen LogP contribution in [0.1, 0.15) is 51.5 Å². The molecule has 4 amide bonds. The van der Waals surface area contributed by atoms with Crippen LogP contribution in [0, 0.1) is 0 Å². The molecule has 1 fully saturated rings. The van der Waals surface area contributed by atoms with Crippen molar-refractivity contribution in [2.24, 2.45) is 5.73 Å². The van der Waals surface area contributed by atoms with Gasteiger partial charge in [-0.3, -0.25) is 19.2 Å². The third-order valence-corrected chi connectivity index (χ3v) is 7.34. The second kappa shape index (κ2) is 16.1. The first-order chi connectivity index (χ1) is 18.6. The van der Waals surface area contributed by atoms with Gasteiger partial charge in [0.25, 0.3) is 0 Å². The van der Waals surface area contributed by atoms with E-state index in [0.29, 0.717) is 31.6 Å². The highest BCUT2D eigenvalue weighted by Gasteiger charge is 2.45. The molecule has 5 unspecified atom stereocenters. The number of carboxylic acid groups (broad SMARTS) is 1. The number of nitrogens with two attached hydrogens (primary N) is 1. The van der Waals surface area contributed by atoms with Crippen LogP contribution in [-0.2, 0) is 30.4 Å². The minimum Gasteiger partial charge on any atom is -0.480 e. The predicted octanol–water partition coefficient (Wildman–Crippen LogP) is 0.660. The number of benzene rings is 1. The minimum absolute atomic E-state index is 0.181. The number of rotatable bonds is 16. The number of unbranched alkanes of at least 4 members (excludes halogenated alkanes) is 1. The lowest BCUT2D eigenvalue weighted by Crippen LogP contribution is -2.56. The number of carbonyl (C=O) groups is 5. The first-order valence-corrected chi connectivity index (χ1v) is 14.6. The molecule has 11 nitrogen and oxygen atoms in total. The Bertz CT molecular complexity index is 994. The largest absolute Gasteiger partial charge is 0.480 e. The summed E-state index contributed by atoms with van der Waals surface area (Å²) >= 11 is 1.54. The zero-order chi connectivity index (χ0) is 28.9. The van der Waals surface area contributed by atoms with Crippen molar-refractivity contribution in [3.05, 3.63) is 35.9 Å². The van der Waals surface area contributed by atoms with Gasteiger partial charge in [-0.15, -0.1) is 0 Å². The average molecular weight is 564 g/mol. The van der Waals surface area contributed by atoms with Crippen molar-refractivity contribution in [3.63, 3.8) is 0 Å². The first kappa shape index (κ1) is 32.1. The van der Waals surface area contributed by atoms with Crippen LogP contribution >= 0.6 is 11.8 Å². The van der Waals surface area contributed by atoms with Crippen LogP contribution in [0.2, 0.25) is 0 Å². The smallest absolute Gasteiger partial charge is 0.326 e. The predicted molar refractivity (Wildman–Crippen MR) is 150 cm³/mol. The van der Waals surface area contributed by atoms with Crippen LogP contribution in [0.4, 0.5) is 0 Å². The molecule has 1 aromatic rings. The number of nitrogens with one attached hydrogen (secondary N) is 3. The number of hydrogen-bond donors (Lipinski definition) is 5. The Morgan fingerprint density at radius 3 is 2.36 bits per heavy atom. The van der Waals surface area contributed by atoms with Crippen LogP contribution in [0.15, 0.2) is 30.3 Å². The van der Waals surface area contributed by atoms with Gasteiger partial charge in [-0.25, -0.2) is 4.79 Å². The Kier molecular flexibility index (Phi) is 13.2. The third kappa shape index (κ3) is 9.85. The molecule has 1 heterocycles. The highest BCUT2D eigenvalue weighted by molar-refractivity contribution is 7.98. The van der Waals surface area contributed by atoms with Crippen LogP contribution in [0.25, 0.3) is 0 Å². The lowest BCUT2D eigenvalue weighted by Gasteiger charge is -2.32. The van der Waals surface area contributed by atoms with Gasteiger partial charge in [0, 0.05) is 19.4 Å². The van der Waals surface area contributed by atoms with E-state index in [2.05, 4.69) is 16.0 Å². The molecule has 12 heteroatoms. The molecule has 1 aliphatic rings. The fraction of sp³-hybridized carbons (Fsp3) is 0.593. The molecule has 216 valence electrons. The highest BCUT2D eigenvalue weighted by Crippen LogP contribution is 2.25. The Balaban J connectivity index is 2.25. The monoisotopic (exact) mass is 563 g/mol. The summed E-state index contributed by atoms with van der Waals surface area (Å²) in [4.78, 5) is 65.0. The van der Waals surface area contributed by atoms with Gasteiger partial charge in [0.05, 0.1) is 0 Å². The Labute approximate surface area is 234 Å². The zero-order valence-corrected chi connectivity index (χ0v) is 23.7. The van der Waals surface area contributed by atoms with Crippen molar-refractivity contribution in [3.8, 4) is 0 Å². The molecule has 0 radical (unpaired) electrons. The van der Waals surface area contributed by atoms with Crippen LogP contribution in [-0.4, -0.2) is 88.4 Å². The maximum Gasteiger partial charge on any atom is 0.326 e. The maximum atomic E-state index is 13.6. The van der Waals surface area contributed by atoms with E-state index < -0.39 is 53.9 Å². The number of carboxylic acids is 1. The molecule has 1 aliphatic heterocycles. The summed E-state index contributed by atoms with van der Waals surface area (Å²) in [7, 11) is 0. The normalized spacial score (nSPS) is 19.2. The highest BCUT2D eigenvalue weighted by atomic mass is 32.2. The topological polar surface area (TPSA) is 171 Å². The minimum atomic E-state index is -1.15. The molecular formula is C27H41N5O6S. The van der Waals surface area contributed by atoms with Crippen molar-refractivity contribution < 1.29 is 29.1 Å². The van der Waals surface area contributed by atoms with E-state index in [1.807, 2.05) is 36.6 Å². The molecule has 1 saturated heterocycles. The summed E-state index contributed by atoms with van der Waals surface area (Å²) in [5, 5.41) is 17.7. The van der Waals surface area contributed by atoms with Gasteiger partial charge in [0.15, 0.2) is 0 Å². The molecular weight excluding hydrogens is 522 g/mol. The van der Waals surface area contributed by atoms with E-state index >= 15 is 0 Å². The van der Waals surface area contributed by atoms with Gasteiger partial charge in [-0.05, 0) is 63.1 Å². The van der Waals surface area contributed by atoms with E-state index in [4.69, 9.17) is 5.73 Å². The van der Waals surface area contributed by atoms with Crippen molar-refractivity contribution in [1.29, 1.82) is 0 Å². The van der Waals surface area contributed by atoms with E-state index in [-0.39, 0.29) is 25.2 Å².